The van der Waals surface area contributed by atoms with E-state index >= 15 is 0 Å². The van der Waals surface area contributed by atoms with E-state index in [4.69, 9.17) is 0 Å². The standard InChI is InChI=1S/C13H21NO/c1-14(2)7-12-10-6-11(13(12)15)9-5-3-4-8(9)10/h8-12H,3-7H2,1-2H3/t8-,9-,10+,11-,12+/m0/s1. The van der Waals surface area contributed by atoms with Crippen LogP contribution < -0.4 is 0 Å². The maximum absolute atomic E-state index is 12.2. The van der Waals surface area contributed by atoms with Crippen LogP contribution in [0.15, 0.2) is 0 Å². The minimum atomic E-state index is 0.379. The number of carbonyl (C=O) groups excluding carboxylic acids is 1. The first kappa shape index (κ1) is 9.83. The van der Waals surface area contributed by atoms with Gasteiger partial charge in [-0.05, 0) is 51.1 Å². The van der Waals surface area contributed by atoms with Gasteiger partial charge in [-0.15, -0.1) is 0 Å². The predicted molar refractivity (Wildman–Crippen MR) is 59.5 cm³/mol. The van der Waals surface area contributed by atoms with E-state index in [-0.39, 0.29) is 0 Å². The van der Waals surface area contributed by atoms with E-state index in [2.05, 4.69) is 19.0 Å². The molecule has 3 saturated carbocycles. The summed E-state index contributed by atoms with van der Waals surface area (Å²) < 4.78 is 0. The molecule has 0 N–H and O–H groups in total. The summed E-state index contributed by atoms with van der Waals surface area (Å²) in [7, 11) is 4.18. The Morgan fingerprint density at radius 1 is 1.20 bits per heavy atom. The smallest absolute Gasteiger partial charge is 0.140 e. The van der Waals surface area contributed by atoms with Crippen molar-refractivity contribution < 1.29 is 4.79 Å². The van der Waals surface area contributed by atoms with Crippen LogP contribution in [-0.2, 0) is 4.79 Å². The Morgan fingerprint density at radius 3 is 2.67 bits per heavy atom. The number of rotatable bonds is 2. The molecular formula is C13H21NO. The van der Waals surface area contributed by atoms with Crippen molar-refractivity contribution in [3.05, 3.63) is 0 Å². The van der Waals surface area contributed by atoms with E-state index in [0.29, 0.717) is 17.6 Å². The SMILES string of the molecule is CN(C)C[C@H]1C(=O)[C@H]2C[C@@H]1[C@H]1CCC[C@@H]12. The number of ketones is 1. The van der Waals surface area contributed by atoms with Gasteiger partial charge in [0, 0.05) is 18.4 Å². The number of hydrogen-bond acceptors (Lipinski definition) is 2. The number of carbonyl (C=O) groups is 1. The molecule has 0 aromatic heterocycles. The first-order valence-electron chi connectivity index (χ1n) is 6.37. The number of hydrogen-bond donors (Lipinski definition) is 0. The summed E-state index contributed by atoms with van der Waals surface area (Å²) in [6, 6.07) is 0. The molecule has 0 amide bonds. The van der Waals surface area contributed by atoms with Crippen LogP contribution in [0.25, 0.3) is 0 Å². The molecule has 15 heavy (non-hydrogen) atoms. The Morgan fingerprint density at radius 2 is 1.93 bits per heavy atom. The second-order valence-electron chi connectivity index (χ2n) is 6.04. The molecule has 0 aliphatic heterocycles. The van der Waals surface area contributed by atoms with E-state index in [9.17, 15) is 4.79 Å². The molecule has 0 aromatic carbocycles. The first-order chi connectivity index (χ1) is 7.18. The minimum absolute atomic E-state index is 0.379. The van der Waals surface area contributed by atoms with Gasteiger partial charge in [0.1, 0.15) is 5.78 Å². The van der Waals surface area contributed by atoms with E-state index in [1.807, 2.05) is 0 Å². The Labute approximate surface area is 92.0 Å². The monoisotopic (exact) mass is 207 g/mol. The van der Waals surface area contributed by atoms with E-state index in [1.165, 1.54) is 25.7 Å². The van der Waals surface area contributed by atoms with Crippen LogP contribution in [0.1, 0.15) is 25.7 Å². The molecule has 2 nitrogen and oxygen atoms in total. The third kappa shape index (κ3) is 1.30. The van der Waals surface area contributed by atoms with Crippen LogP contribution in [0, 0.1) is 29.6 Å². The van der Waals surface area contributed by atoms with Crippen LogP contribution in [0.2, 0.25) is 0 Å². The molecule has 5 atom stereocenters. The maximum atomic E-state index is 12.2. The highest BCUT2D eigenvalue weighted by Crippen LogP contribution is 2.59. The van der Waals surface area contributed by atoms with Crippen molar-refractivity contribution in [2.75, 3.05) is 20.6 Å². The fourth-order valence-corrected chi connectivity index (χ4v) is 4.59. The van der Waals surface area contributed by atoms with E-state index in [1.54, 1.807) is 0 Å². The first-order valence-corrected chi connectivity index (χ1v) is 6.37. The summed E-state index contributed by atoms with van der Waals surface area (Å²) in [5.41, 5.74) is 0. The van der Waals surface area contributed by atoms with Crippen molar-refractivity contribution in [1.29, 1.82) is 0 Å². The largest absolute Gasteiger partial charge is 0.309 e. The highest BCUT2D eigenvalue weighted by atomic mass is 16.1. The van der Waals surface area contributed by atoms with Gasteiger partial charge in [-0.25, -0.2) is 0 Å². The lowest BCUT2D eigenvalue weighted by molar-refractivity contribution is -0.129. The quantitative estimate of drug-likeness (QED) is 0.688. The lowest BCUT2D eigenvalue weighted by Crippen LogP contribution is -2.38. The fraction of sp³-hybridized carbons (Fsp3) is 0.923. The minimum Gasteiger partial charge on any atom is -0.309 e. The summed E-state index contributed by atoms with van der Waals surface area (Å²) in [6.45, 7) is 0.989. The lowest BCUT2D eigenvalue weighted by Gasteiger charge is -2.31. The van der Waals surface area contributed by atoms with Gasteiger partial charge in [-0.2, -0.15) is 0 Å². The van der Waals surface area contributed by atoms with Gasteiger partial charge in [-0.1, -0.05) is 6.42 Å². The highest BCUT2D eigenvalue weighted by molar-refractivity contribution is 5.87. The number of Topliss-reactive ketones (excluding diaryl/α,β-unsaturated/α-hetero) is 1. The summed E-state index contributed by atoms with van der Waals surface area (Å²) in [4.78, 5) is 14.4. The van der Waals surface area contributed by atoms with Crippen molar-refractivity contribution in [3.8, 4) is 0 Å². The van der Waals surface area contributed by atoms with Crippen molar-refractivity contribution in [3.63, 3.8) is 0 Å². The molecule has 3 aliphatic carbocycles. The number of fused-ring (bicyclic) bond motifs is 5. The van der Waals surface area contributed by atoms with Crippen LogP contribution in [0.4, 0.5) is 0 Å². The van der Waals surface area contributed by atoms with Gasteiger partial charge in [0.25, 0.3) is 0 Å². The molecule has 3 aliphatic rings. The number of nitrogens with zero attached hydrogens (tertiary/aromatic N) is 1. The third-order valence-electron chi connectivity index (χ3n) is 5.03. The van der Waals surface area contributed by atoms with Gasteiger partial charge in [0.05, 0.1) is 0 Å². The molecule has 0 saturated heterocycles. The van der Waals surface area contributed by atoms with Crippen molar-refractivity contribution in [1.82, 2.24) is 4.90 Å². The van der Waals surface area contributed by atoms with Crippen LogP contribution in [-0.4, -0.2) is 31.3 Å². The van der Waals surface area contributed by atoms with Crippen molar-refractivity contribution in [2.45, 2.75) is 25.7 Å². The summed E-state index contributed by atoms with van der Waals surface area (Å²) in [6.07, 6.45) is 5.35. The molecule has 0 spiro atoms. The van der Waals surface area contributed by atoms with Crippen molar-refractivity contribution in [2.24, 2.45) is 29.6 Å². The summed E-state index contributed by atoms with van der Waals surface area (Å²) in [5.74, 6) is 3.91. The topological polar surface area (TPSA) is 20.3 Å². The Hall–Kier alpha value is -0.370. The average Bonchev–Trinajstić information content (AvgIpc) is 2.77. The van der Waals surface area contributed by atoms with Gasteiger partial charge in [0.2, 0.25) is 0 Å². The Bertz CT molecular complexity index is 286. The maximum Gasteiger partial charge on any atom is 0.140 e. The lowest BCUT2D eigenvalue weighted by atomic mass is 9.75. The van der Waals surface area contributed by atoms with Crippen LogP contribution in [0.5, 0.6) is 0 Å². The fourth-order valence-electron chi connectivity index (χ4n) is 4.59. The third-order valence-corrected chi connectivity index (χ3v) is 5.03. The second kappa shape index (κ2) is 3.31. The predicted octanol–water partition coefficient (Wildman–Crippen LogP) is 1.80. The second-order valence-corrected chi connectivity index (χ2v) is 6.04. The van der Waals surface area contributed by atoms with E-state index in [0.717, 1.165) is 24.3 Å². The van der Waals surface area contributed by atoms with Crippen LogP contribution in [0.3, 0.4) is 0 Å². The zero-order chi connectivity index (χ0) is 10.6. The molecule has 0 unspecified atom stereocenters. The molecule has 0 aromatic rings. The zero-order valence-electron chi connectivity index (χ0n) is 9.78. The van der Waals surface area contributed by atoms with Gasteiger partial charge in [-0.3, -0.25) is 4.79 Å². The van der Waals surface area contributed by atoms with Gasteiger partial charge in [0.15, 0.2) is 0 Å². The Balaban J connectivity index is 1.81. The highest BCUT2D eigenvalue weighted by Gasteiger charge is 2.58. The Kier molecular flexibility index (Phi) is 2.17. The average molecular weight is 207 g/mol. The van der Waals surface area contributed by atoms with Gasteiger partial charge < -0.3 is 4.90 Å². The van der Waals surface area contributed by atoms with Gasteiger partial charge >= 0.3 is 0 Å². The normalized spacial score (nSPS) is 47.9. The van der Waals surface area contributed by atoms with Crippen LogP contribution >= 0.6 is 0 Å². The molecule has 2 heteroatoms. The molecular weight excluding hydrogens is 186 g/mol. The molecule has 0 radical (unpaired) electrons. The molecule has 84 valence electrons. The molecule has 3 fully saturated rings. The summed E-state index contributed by atoms with van der Waals surface area (Å²) >= 11 is 0. The van der Waals surface area contributed by atoms with E-state index < -0.39 is 0 Å². The summed E-state index contributed by atoms with van der Waals surface area (Å²) in [5, 5.41) is 0. The molecule has 2 bridgehead atoms. The molecule has 3 rings (SSSR count). The molecule has 0 heterocycles. The zero-order valence-corrected chi connectivity index (χ0v) is 9.78. The van der Waals surface area contributed by atoms with Crippen molar-refractivity contribution >= 4 is 5.78 Å².